The van der Waals surface area contributed by atoms with Crippen LogP contribution in [0.5, 0.6) is 0 Å². The Hall–Kier alpha value is -3.14. The van der Waals surface area contributed by atoms with Gasteiger partial charge < -0.3 is 9.47 Å². The first-order valence-electron chi connectivity index (χ1n) is 9.08. The fraction of sp³-hybridized carbons (Fsp3) is 0.217. The number of carbonyl (C=O) groups is 2. The minimum Gasteiger partial charge on any atom is -0.466 e. The van der Waals surface area contributed by atoms with Crippen LogP contribution in [0.2, 0.25) is 0 Å². The summed E-state index contributed by atoms with van der Waals surface area (Å²) in [6.45, 7) is 4.09. The zero-order valence-electron chi connectivity index (χ0n) is 15.5. The lowest BCUT2D eigenvalue weighted by molar-refractivity contribution is -0.142. The normalized spacial score (nSPS) is 10.6. The van der Waals surface area contributed by atoms with Crippen LogP contribution in [0.15, 0.2) is 60.7 Å². The molecule has 0 amide bonds. The van der Waals surface area contributed by atoms with Crippen molar-refractivity contribution in [2.45, 2.75) is 20.3 Å². The largest absolute Gasteiger partial charge is 0.466 e. The summed E-state index contributed by atoms with van der Waals surface area (Å²) in [6, 6.07) is 19.4. The number of fused-ring (bicyclic) bond motifs is 1. The van der Waals surface area contributed by atoms with Crippen molar-refractivity contribution in [2.75, 3.05) is 13.2 Å². The molecule has 0 saturated heterocycles. The number of carbonyl (C=O) groups excluding carboxylic acids is 2. The Morgan fingerprint density at radius 3 is 2.22 bits per heavy atom. The second-order valence-corrected chi connectivity index (χ2v) is 6.08. The number of esters is 2. The summed E-state index contributed by atoms with van der Waals surface area (Å²) in [4.78, 5) is 25.0. The summed E-state index contributed by atoms with van der Waals surface area (Å²) in [7, 11) is 0. The molecule has 27 heavy (non-hydrogen) atoms. The first-order chi connectivity index (χ1) is 13.2. The summed E-state index contributed by atoms with van der Waals surface area (Å²) in [5.41, 5.74) is 2.73. The molecule has 3 rings (SSSR count). The summed E-state index contributed by atoms with van der Waals surface area (Å²) < 4.78 is 10.4. The molecule has 0 N–H and O–H groups in total. The van der Waals surface area contributed by atoms with Gasteiger partial charge in [0.1, 0.15) is 0 Å². The molecule has 3 aromatic rings. The molecule has 4 heteroatoms. The average Bonchev–Trinajstić information content (AvgIpc) is 2.68. The van der Waals surface area contributed by atoms with Crippen LogP contribution in [0.4, 0.5) is 0 Å². The second-order valence-electron chi connectivity index (χ2n) is 6.08. The first kappa shape index (κ1) is 18.6. The SMILES string of the molecule is CCOC(=O)Cc1cc2ccccc2c(-c2ccccc2)c1C(=O)OCC. The lowest BCUT2D eigenvalue weighted by Crippen LogP contribution is -2.15. The Labute approximate surface area is 158 Å². The topological polar surface area (TPSA) is 52.6 Å². The van der Waals surface area contributed by atoms with Crippen molar-refractivity contribution in [1.29, 1.82) is 0 Å². The standard InChI is InChI=1S/C23H22O4/c1-3-26-20(24)15-18-14-17-12-8-9-13-19(17)21(16-10-6-5-7-11-16)22(18)23(25)27-4-2/h5-14H,3-4,15H2,1-2H3. The second kappa shape index (κ2) is 8.49. The Morgan fingerprint density at radius 2 is 1.52 bits per heavy atom. The van der Waals surface area contributed by atoms with Gasteiger partial charge in [0.2, 0.25) is 0 Å². The predicted octanol–water partition coefficient (Wildman–Crippen LogP) is 4.79. The third kappa shape index (κ3) is 4.00. The Morgan fingerprint density at radius 1 is 0.852 bits per heavy atom. The highest BCUT2D eigenvalue weighted by Gasteiger charge is 2.23. The maximum absolute atomic E-state index is 12.9. The van der Waals surface area contributed by atoms with E-state index in [1.165, 1.54) is 0 Å². The van der Waals surface area contributed by atoms with Crippen LogP contribution in [-0.2, 0) is 20.7 Å². The van der Waals surface area contributed by atoms with Crippen LogP contribution in [0.3, 0.4) is 0 Å². The summed E-state index contributed by atoms with van der Waals surface area (Å²) in [6.07, 6.45) is 0.0205. The van der Waals surface area contributed by atoms with E-state index in [9.17, 15) is 9.59 Å². The predicted molar refractivity (Wildman–Crippen MR) is 106 cm³/mol. The van der Waals surface area contributed by atoms with Gasteiger partial charge in [0, 0.05) is 5.56 Å². The zero-order chi connectivity index (χ0) is 19.2. The monoisotopic (exact) mass is 362 g/mol. The highest BCUT2D eigenvalue weighted by atomic mass is 16.5. The molecular formula is C23H22O4. The molecule has 0 radical (unpaired) electrons. The van der Waals surface area contributed by atoms with Crippen LogP contribution in [-0.4, -0.2) is 25.2 Å². The van der Waals surface area contributed by atoms with Crippen LogP contribution >= 0.6 is 0 Å². The maximum atomic E-state index is 12.9. The van der Waals surface area contributed by atoms with Crippen molar-refractivity contribution in [1.82, 2.24) is 0 Å². The van der Waals surface area contributed by atoms with Crippen LogP contribution in [0.1, 0.15) is 29.8 Å². The molecule has 0 aromatic heterocycles. The van der Waals surface area contributed by atoms with E-state index in [0.29, 0.717) is 17.7 Å². The molecule has 0 bridgehead atoms. The van der Waals surface area contributed by atoms with Crippen molar-refractivity contribution in [3.8, 4) is 11.1 Å². The van der Waals surface area contributed by atoms with Crippen molar-refractivity contribution < 1.29 is 19.1 Å². The molecule has 0 atom stereocenters. The smallest absolute Gasteiger partial charge is 0.339 e. The van der Waals surface area contributed by atoms with Crippen LogP contribution < -0.4 is 0 Å². The van der Waals surface area contributed by atoms with Gasteiger partial charge in [-0.1, -0.05) is 54.6 Å². The molecule has 0 aliphatic carbocycles. The van der Waals surface area contributed by atoms with E-state index in [0.717, 1.165) is 21.9 Å². The number of hydrogen-bond acceptors (Lipinski definition) is 4. The number of hydrogen-bond donors (Lipinski definition) is 0. The summed E-state index contributed by atoms with van der Waals surface area (Å²) in [5, 5.41) is 1.91. The molecule has 0 aliphatic heterocycles. The van der Waals surface area contributed by atoms with Gasteiger partial charge in [0.05, 0.1) is 25.2 Å². The number of benzene rings is 3. The molecule has 0 saturated carbocycles. The van der Waals surface area contributed by atoms with Gasteiger partial charge >= 0.3 is 11.9 Å². The Balaban J connectivity index is 2.31. The zero-order valence-corrected chi connectivity index (χ0v) is 15.5. The van der Waals surface area contributed by atoms with Crippen molar-refractivity contribution >= 4 is 22.7 Å². The Kier molecular flexibility index (Phi) is 5.87. The Bertz CT molecular complexity index is 961. The lowest BCUT2D eigenvalue weighted by atomic mass is 9.88. The minimum atomic E-state index is -0.429. The van der Waals surface area contributed by atoms with Gasteiger partial charge in [0.25, 0.3) is 0 Å². The molecule has 0 unspecified atom stereocenters. The fourth-order valence-corrected chi connectivity index (χ4v) is 3.25. The van der Waals surface area contributed by atoms with Gasteiger partial charge in [0.15, 0.2) is 0 Å². The molecule has 0 spiro atoms. The molecule has 0 fully saturated rings. The molecule has 0 heterocycles. The molecule has 0 aliphatic rings. The van der Waals surface area contributed by atoms with Gasteiger partial charge in [-0.15, -0.1) is 0 Å². The average molecular weight is 362 g/mol. The van der Waals surface area contributed by atoms with Crippen molar-refractivity contribution in [2.24, 2.45) is 0 Å². The van der Waals surface area contributed by atoms with Gasteiger partial charge in [-0.2, -0.15) is 0 Å². The summed E-state index contributed by atoms with van der Waals surface area (Å²) >= 11 is 0. The molecule has 3 aromatic carbocycles. The van der Waals surface area contributed by atoms with Crippen molar-refractivity contribution in [3.63, 3.8) is 0 Å². The lowest BCUT2D eigenvalue weighted by Gasteiger charge is -2.17. The number of rotatable bonds is 6. The van der Waals surface area contributed by atoms with Crippen LogP contribution in [0.25, 0.3) is 21.9 Å². The van der Waals surface area contributed by atoms with Crippen LogP contribution in [0, 0.1) is 0 Å². The van der Waals surface area contributed by atoms with E-state index in [1.54, 1.807) is 13.8 Å². The van der Waals surface area contributed by atoms with E-state index in [-0.39, 0.29) is 19.0 Å². The van der Waals surface area contributed by atoms with E-state index in [1.807, 2.05) is 60.7 Å². The highest BCUT2D eigenvalue weighted by Crippen LogP contribution is 2.35. The highest BCUT2D eigenvalue weighted by molar-refractivity contribution is 6.10. The van der Waals surface area contributed by atoms with E-state index in [4.69, 9.17) is 9.47 Å². The minimum absolute atomic E-state index is 0.0205. The quantitative estimate of drug-likeness (QED) is 0.592. The molecule has 138 valence electrons. The fourth-order valence-electron chi connectivity index (χ4n) is 3.25. The number of ether oxygens (including phenoxy) is 2. The third-order valence-corrected chi connectivity index (χ3v) is 4.31. The van der Waals surface area contributed by atoms with Gasteiger partial charge in [-0.05, 0) is 41.8 Å². The van der Waals surface area contributed by atoms with E-state index >= 15 is 0 Å². The molecule has 4 nitrogen and oxygen atoms in total. The first-order valence-corrected chi connectivity index (χ1v) is 9.08. The van der Waals surface area contributed by atoms with Crippen molar-refractivity contribution in [3.05, 3.63) is 71.8 Å². The van der Waals surface area contributed by atoms with E-state index in [2.05, 4.69) is 0 Å². The van der Waals surface area contributed by atoms with Gasteiger partial charge in [-0.3, -0.25) is 4.79 Å². The summed E-state index contributed by atoms with van der Waals surface area (Å²) in [5.74, 6) is -0.793. The third-order valence-electron chi connectivity index (χ3n) is 4.31. The molecular weight excluding hydrogens is 340 g/mol. The van der Waals surface area contributed by atoms with E-state index < -0.39 is 5.97 Å². The van der Waals surface area contributed by atoms with Gasteiger partial charge in [-0.25, -0.2) is 4.79 Å². The maximum Gasteiger partial charge on any atom is 0.339 e.